The van der Waals surface area contributed by atoms with E-state index in [1.54, 1.807) is 0 Å². The molecule has 0 aliphatic heterocycles. The molecular weight excluding hydrogens is 326 g/mol. The number of carbonyl (C=O) groups is 2. The third kappa shape index (κ3) is 4.44. The summed E-state index contributed by atoms with van der Waals surface area (Å²) in [6, 6.07) is 3.62. The van der Waals surface area contributed by atoms with Gasteiger partial charge in [0, 0.05) is 18.7 Å². The summed E-state index contributed by atoms with van der Waals surface area (Å²) < 4.78 is 5.66. The highest BCUT2D eigenvalue weighted by atomic mass is 32.1. The summed E-state index contributed by atoms with van der Waals surface area (Å²) in [4.78, 5) is 27.4. The highest BCUT2D eigenvalue weighted by Crippen LogP contribution is 2.29. The highest BCUT2D eigenvalue weighted by Gasteiger charge is 2.19. The Morgan fingerprint density at radius 1 is 1.33 bits per heavy atom. The zero-order chi connectivity index (χ0) is 16.9. The van der Waals surface area contributed by atoms with Crippen molar-refractivity contribution in [2.75, 3.05) is 5.32 Å². The van der Waals surface area contributed by atoms with Gasteiger partial charge in [0.15, 0.2) is 10.9 Å². The number of rotatable bonds is 6. The van der Waals surface area contributed by atoms with E-state index in [1.165, 1.54) is 31.1 Å². The number of amides is 2. The van der Waals surface area contributed by atoms with Crippen LogP contribution in [0.5, 0.6) is 0 Å². The van der Waals surface area contributed by atoms with Crippen LogP contribution in [-0.4, -0.2) is 16.8 Å². The first-order valence-electron chi connectivity index (χ1n) is 8.19. The average molecular weight is 347 g/mol. The van der Waals surface area contributed by atoms with Crippen LogP contribution in [0.4, 0.5) is 5.13 Å². The first-order chi connectivity index (χ1) is 11.6. The number of nitrogens with one attached hydrogen (secondary N) is 2. The van der Waals surface area contributed by atoms with E-state index in [-0.39, 0.29) is 11.8 Å². The lowest BCUT2D eigenvalue weighted by molar-refractivity contribution is -0.119. The molecule has 0 saturated heterocycles. The van der Waals surface area contributed by atoms with E-state index >= 15 is 0 Å². The van der Waals surface area contributed by atoms with Gasteiger partial charge in [-0.3, -0.25) is 9.59 Å². The van der Waals surface area contributed by atoms with Crippen LogP contribution in [0, 0.1) is 5.92 Å². The minimum atomic E-state index is -0.103. The van der Waals surface area contributed by atoms with Gasteiger partial charge in [0.2, 0.25) is 11.8 Å². The Labute approximate surface area is 144 Å². The summed E-state index contributed by atoms with van der Waals surface area (Å²) in [5, 5.41) is 8.00. The fourth-order valence-electron chi connectivity index (χ4n) is 2.91. The molecule has 3 rings (SSSR count). The number of thiazole rings is 1. The van der Waals surface area contributed by atoms with E-state index in [2.05, 4.69) is 15.6 Å². The van der Waals surface area contributed by atoms with Crippen LogP contribution in [0.3, 0.4) is 0 Å². The zero-order valence-corrected chi connectivity index (χ0v) is 14.4. The Morgan fingerprint density at radius 2 is 2.12 bits per heavy atom. The molecule has 24 heavy (non-hydrogen) atoms. The summed E-state index contributed by atoms with van der Waals surface area (Å²) in [6.07, 6.45) is 5.36. The molecule has 128 valence electrons. The fourth-order valence-corrected chi connectivity index (χ4v) is 3.63. The molecule has 2 aromatic heterocycles. The van der Waals surface area contributed by atoms with Gasteiger partial charge >= 0.3 is 0 Å². The standard InChI is InChI=1S/C17H21N3O3S/c1-11(21)18-9-13-6-7-15(23-13)14-10-24-17(19-14)20-16(22)8-12-4-2-3-5-12/h6-7,10,12H,2-5,8-9H2,1H3,(H,18,21)(H,19,20,22). The van der Waals surface area contributed by atoms with Crippen molar-refractivity contribution in [3.8, 4) is 11.5 Å². The Morgan fingerprint density at radius 3 is 2.88 bits per heavy atom. The van der Waals surface area contributed by atoms with Crippen molar-refractivity contribution in [3.63, 3.8) is 0 Å². The lowest BCUT2D eigenvalue weighted by Gasteiger charge is -2.07. The van der Waals surface area contributed by atoms with Crippen molar-refractivity contribution in [2.24, 2.45) is 5.92 Å². The average Bonchev–Trinajstić information content (AvgIpc) is 3.26. The minimum absolute atomic E-state index is 0.0357. The summed E-state index contributed by atoms with van der Waals surface area (Å²) in [6.45, 7) is 1.81. The maximum absolute atomic E-state index is 12.1. The van der Waals surface area contributed by atoms with Crippen LogP contribution in [0.1, 0.15) is 44.8 Å². The normalized spacial score (nSPS) is 14.7. The molecule has 1 aliphatic rings. The van der Waals surface area contributed by atoms with Crippen LogP contribution in [0.2, 0.25) is 0 Å². The monoisotopic (exact) mass is 347 g/mol. The van der Waals surface area contributed by atoms with Gasteiger partial charge < -0.3 is 15.1 Å². The number of carbonyl (C=O) groups excluding carboxylic acids is 2. The van der Waals surface area contributed by atoms with Crippen LogP contribution >= 0.6 is 11.3 Å². The van der Waals surface area contributed by atoms with E-state index < -0.39 is 0 Å². The molecule has 0 atom stereocenters. The Hall–Kier alpha value is -2.15. The molecule has 0 spiro atoms. The molecule has 2 N–H and O–H groups in total. The van der Waals surface area contributed by atoms with Crippen molar-refractivity contribution in [3.05, 3.63) is 23.3 Å². The summed E-state index contributed by atoms with van der Waals surface area (Å²) in [5.41, 5.74) is 0.685. The van der Waals surface area contributed by atoms with E-state index in [9.17, 15) is 9.59 Å². The van der Waals surface area contributed by atoms with Crippen molar-refractivity contribution in [1.29, 1.82) is 0 Å². The molecule has 0 bridgehead atoms. The summed E-state index contributed by atoms with van der Waals surface area (Å²) in [7, 11) is 0. The number of hydrogen-bond acceptors (Lipinski definition) is 5. The lowest BCUT2D eigenvalue weighted by atomic mass is 10.0. The van der Waals surface area contributed by atoms with Crippen molar-refractivity contribution >= 4 is 28.3 Å². The number of hydrogen-bond donors (Lipinski definition) is 2. The minimum Gasteiger partial charge on any atom is -0.458 e. The molecule has 1 fully saturated rings. The van der Waals surface area contributed by atoms with Gasteiger partial charge in [0.05, 0.1) is 6.54 Å². The molecular formula is C17H21N3O3S. The second kappa shape index (κ2) is 7.61. The van der Waals surface area contributed by atoms with Gasteiger partial charge in [-0.05, 0) is 30.9 Å². The van der Waals surface area contributed by atoms with E-state index in [0.717, 1.165) is 12.8 Å². The van der Waals surface area contributed by atoms with Gasteiger partial charge in [-0.15, -0.1) is 11.3 Å². The zero-order valence-electron chi connectivity index (χ0n) is 13.6. The van der Waals surface area contributed by atoms with E-state index in [1.807, 2.05) is 17.5 Å². The first kappa shape index (κ1) is 16.7. The first-order valence-corrected chi connectivity index (χ1v) is 9.07. The molecule has 7 heteroatoms. The Kier molecular flexibility index (Phi) is 5.30. The SMILES string of the molecule is CC(=O)NCc1ccc(-c2csc(NC(=O)CC3CCCC3)n2)o1. The predicted molar refractivity (Wildman–Crippen MR) is 92.5 cm³/mol. The fraction of sp³-hybridized carbons (Fsp3) is 0.471. The predicted octanol–water partition coefficient (Wildman–Crippen LogP) is 3.56. The quantitative estimate of drug-likeness (QED) is 0.837. The van der Waals surface area contributed by atoms with E-state index in [4.69, 9.17) is 4.42 Å². The van der Waals surface area contributed by atoms with Gasteiger partial charge in [-0.2, -0.15) is 0 Å². The maximum Gasteiger partial charge on any atom is 0.226 e. The largest absolute Gasteiger partial charge is 0.458 e. The van der Waals surface area contributed by atoms with Crippen molar-refractivity contribution in [1.82, 2.24) is 10.3 Å². The Bertz CT molecular complexity index is 716. The molecule has 2 aromatic rings. The van der Waals surface area contributed by atoms with Crippen molar-refractivity contribution < 1.29 is 14.0 Å². The second-order valence-electron chi connectivity index (χ2n) is 6.12. The maximum atomic E-state index is 12.1. The Balaban J connectivity index is 1.56. The van der Waals surface area contributed by atoms with Crippen molar-refractivity contribution in [2.45, 2.75) is 45.6 Å². The second-order valence-corrected chi connectivity index (χ2v) is 6.97. The third-order valence-electron chi connectivity index (χ3n) is 4.13. The molecule has 0 radical (unpaired) electrons. The number of aromatic nitrogens is 1. The van der Waals surface area contributed by atoms with Crippen LogP contribution in [0.15, 0.2) is 21.9 Å². The van der Waals surface area contributed by atoms with Crippen LogP contribution in [-0.2, 0) is 16.1 Å². The van der Waals surface area contributed by atoms with Crippen LogP contribution < -0.4 is 10.6 Å². The topological polar surface area (TPSA) is 84.2 Å². The number of furan rings is 1. The molecule has 2 amide bonds. The number of anilines is 1. The smallest absolute Gasteiger partial charge is 0.226 e. The molecule has 0 unspecified atom stereocenters. The van der Waals surface area contributed by atoms with Gasteiger partial charge in [0.1, 0.15) is 11.5 Å². The van der Waals surface area contributed by atoms with Gasteiger partial charge in [-0.25, -0.2) is 4.98 Å². The summed E-state index contributed by atoms with van der Waals surface area (Å²) in [5.74, 6) is 1.75. The summed E-state index contributed by atoms with van der Waals surface area (Å²) >= 11 is 1.39. The number of nitrogens with zero attached hydrogens (tertiary/aromatic N) is 1. The van der Waals surface area contributed by atoms with Crippen LogP contribution in [0.25, 0.3) is 11.5 Å². The van der Waals surface area contributed by atoms with E-state index in [0.29, 0.717) is 41.2 Å². The molecule has 0 aromatic carbocycles. The third-order valence-corrected chi connectivity index (χ3v) is 4.88. The lowest BCUT2D eigenvalue weighted by Crippen LogP contribution is -2.18. The van der Waals surface area contributed by atoms with Gasteiger partial charge in [-0.1, -0.05) is 12.8 Å². The molecule has 2 heterocycles. The molecule has 6 nitrogen and oxygen atoms in total. The highest BCUT2D eigenvalue weighted by molar-refractivity contribution is 7.14. The molecule has 1 saturated carbocycles. The molecule has 1 aliphatic carbocycles. The van der Waals surface area contributed by atoms with Gasteiger partial charge in [0.25, 0.3) is 0 Å².